The number of imide groups is 1. The van der Waals surface area contributed by atoms with Gasteiger partial charge in [0, 0.05) is 7.05 Å². The fraction of sp³-hybridized carbons (Fsp3) is 0.400. The topological polar surface area (TPSA) is 93.7 Å². The Morgan fingerprint density at radius 3 is 2.27 bits per heavy atom. The number of hydrogen-bond acceptors (Lipinski definition) is 5. The van der Waals surface area contributed by atoms with Crippen LogP contribution in [0, 0.1) is 0 Å². The zero-order valence-electron chi connectivity index (χ0n) is 12.8. The van der Waals surface area contributed by atoms with Gasteiger partial charge in [0.25, 0.3) is 5.91 Å². The highest BCUT2D eigenvalue weighted by atomic mass is 16.6. The van der Waals surface area contributed by atoms with Crippen LogP contribution in [0.15, 0.2) is 24.3 Å². The van der Waals surface area contributed by atoms with E-state index < -0.39 is 24.5 Å². The number of carbonyl (C=O) groups is 3. The molecule has 0 aliphatic carbocycles. The molecule has 0 radical (unpaired) electrons. The molecule has 1 aromatic carbocycles. The zero-order valence-corrected chi connectivity index (χ0v) is 12.8. The lowest BCUT2D eigenvalue weighted by atomic mass is 10.0. The molecule has 0 heterocycles. The lowest BCUT2D eigenvalue weighted by Gasteiger charge is -2.09. The lowest BCUT2D eigenvalue weighted by Crippen LogP contribution is -2.40. The number of nitrogens with one attached hydrogen (secondary N) is 2. The van der Waals surface area contributed by atoms with Crippen molar-refractivity contribution in [3.8, 4) is 5.75 Å². The van der Waals surface area contributed by atoms with Gasteiger partial charge in [-0.25, -0.2) is 9.59 Å². The van der Waals surface area contributed by atoms with Crippen molar-refractivity contribution in [2.24, 2.45) is 0 Å². The van der Waals surface area contributed by atoms with Crippen LogP contribution >= 0.6 is 0 Å². The Bertz CT molecular complexity index is 525. The summed E-state index contributed by atoms with van der Waals surface area (Å²) in [5.41, 5.74) is 1.17. The summed E-state index contributed by atoms with van der Waals surface area (Å²) >= 11 is 0. The molecule has 7 heteroatoms. The second-order valence-electron chi connectivity index (χ2n) is 4.80. The Morgan fingerprint density at radius 2 is 1.73 bits per heavy atom. The van der Waals surface area contributed by atoms with Crippen LogP contribution in [0.5, 0.6) is 5.75 Å². The van der Waals surface area contributed by atoms with E-state index in [1.165, 1.54) is 12.6 Å². The molecule has 0 saturated heterocycles. The van der Waals surface area contributed by atoms with Crippen LogP contribution < -0.4 is 15.4 Å². The molecule has 0 unspecified atom stereocenters. The van der Waals surface area contributed by atoms with E-state index in [2.05, 4.69) is 23.9 Å². The molecule has 3 amide bonds. The number of hydrogen-bond donors (Lipinski definition) is 2. The smallest absolute Gasteiger partial charge is 0.344 e. The maximum absolute atomic E-state index is 11.4. The molecule has 0 spiro atoms. The molecule has 0 bridgehead atoms. The maximum Gasteiger partial charge on any atom is 0.344 e. The Kier molecular flexibility index (Phi) is 6.88. The predicted molar refractivity (Wildman–Crippen MR) is 79.6 cm³/mol. The Balaban J connectivity index is 2.31. The molecule has 0 aliphatic rings. The van der Waals surface area contributed by atoms with E-state index in [1.807, 2.05) is 17.4 Å². The van der Waals surface area contributed by atoms with Crippen molar-refractivity contribution in [3.63, 3.8) is 0 Å². The molecule has 0 atom stereocenters. The van der Waals surface area contributed by atoms with Gasteiger partial charge >= 0.3 is 12.0 Å². The molecule has 0 saturated carbocycles. The number of amides is 3. The minimum atomic E-state index is -0.714. The number of benzene rings is 1. The summed E-state index contributed by atoms with van der Waals surface area (Å²) in [6.07, 6.45) is 0. The predicted octanol–water partition coefficient (Wildman–Crippen LogP) is 1.19. The summed E-state index contributed by atoms with van der Waals surface area (Å²) in [5, 5.41) is 4.17. The molecule has 120 valence electrons. The van der Waals surface area contributed by atoms with Crippen LogP contribution in [-0.2, 0) is 14.3 Å². The second kappa shape index (κ2) is 8.66. The third-order valence-electron chi connectivity index (χ3n) is 2.75. The fourth-order valence-corrected chi connectivity index (χ4v) is 1.50. The molecule has 7 nitrogen and oxygen atoms in total. The summed E-state index contributed by atoms with van der Waals surface area (Å²) in [4.78, 5) is 33.5. The summed E-state index contributed by atoms with van der Waals surface area (Å²) in [7, 11) is 1.37. The first-order valence-corrected chi connectivity index (χ1v) is 6.82. The van der Waals surface area contributed by atoms with Crippen LogP contribution in [0.2, 0.25) is 0 Å². The highest BCUT2D eigenvalue weighted by Crippen LogP contribution is 2.18. The van der Waals surface area contributed by atoms with E-state index in [9.17, 15) is 14.4 Å². The highest BCUT2D eigenvalue weighted by Gasteiger charge is 2.10. The van der Waals surface area contributed by atoms with Gasteiger partial charge in [0.15, 0.2) is 13.2 Å². The quantitative estimate of drug-likeness (QED) is 0.770. The number of esters is 1. The molecule has 0 aliphatic heterocycles. The van der Waals surface area contributed by atoms with Gasteiger partial charge in [0.05, 0.1) is 0 Å². The van der Waals surface area contributed by atoms with Crippen LogP contribution in [-0.4, -0.2) is 38.2 Å². The van der Waals surface area contributed by atoms with Crippen molar-refractivity contribution in [1.29, 1.82) is 0 Å². The summed E-state index contributed by atoms with van der Waals surface area (Å²) in [6, 6.07) is 6.70. The van der Waals surface area contributed by atoms with Crippen LogP contribution in [0.4, 0.5) is 4.79 Å². The molecule has 0 fully saturated rings. The molecule has 2 N–H and O–H groups in total. The van der Waals surface area contributed by atoms with E-state index in [-0.39, 0.29) is 6.61 Å². The minimum Gasteiger partial charge on any atom is -0.482 e. The van der Waals surface area contributed by atoms with E-state index >= 15 is 0 Å². The van der Waals surface area contributed by atoms with Crippen molar-refractivity contribution in [2.75, 3.05) is 20.3 Å². The first kappa shape index (κ1) is 17.5. The van der Waals surface area contributed by atoms with Crippen molar-refractivity contribution >= 4 is 17.9 Å². The van der Waals surface area contributed by atoms with Crippen molar-refractivity contribution in [1.82, 2.24) is 10.6 Å². The monoisotopic (exact) mass is 308 g/mol. The zero-order chi connectivity index (χ0) is 16.5. The van der Waals surface area contributed by atoms with E-state index in [1.54, 1.807) is 12.1 Å². The van der Waals surface area contributed by atoms with E-state index in [4.69, 9.17) is 4.74 Å². The number of carbonyl (C=O) groups excluding carboxylic acids is 3. The van der Waals surface area contributed by atoms with Crippen molar-refractivity contribution < 1.29 is 23.9 Å². The Morgan fingerprint density at radius 1 is 1.09 bits per heavy atom. The molecule has 1 aromatic rings. The van der Waals surface area contributed by atoms with Crippen LogP contribution in [0.25, 0.3) is 0 Å². The summed E-state index contributed by atoms with van der Waals surface area (Å²) < 4.78 is 9.93. The number of urea groups is 1. The largest absolute Gasteiger partial charge is 0.482 e. The highest BCUT2D eigenvalue weighted by molar-refractivity contribution is 5.95. The van der Waals surface area contributed by atoms with Crippen LogP contribution in [0.3, 0.4) is 0 Å². The van der Waals surface area contributed by atoms with Gasteiger partial charge in [-0.1, -0.05) is 26.0 Å². The Labute approximate surface area is 129 Å². The third kappa shape index (κ3) is 6.25. The van der Waals surface area contributed by atoms with Crippen LogP contribution in [0.1, 0.15) is 25.3 Å². The SMILES string of the molecule is CNC(=O)NC(=O)COC(=O)COc1ccc(C(C)C)cc1. The fourth-order valence-electron chi connectivity index (χ4n) is 1.50. The van der Waals surface area contributed by atoms with Crippen molar-refractivity contribution in [2.45, 2.75) is 19.8 Å². The number of ether oxygens (including phenoxy) is 2. The van der Waals surface area contributed by atoms with Gasteiger partial charge in [0.1, 0.15) is 5.75 Å². The van der Waals surface area contributed by atoms with Gasteiger partial charge in [-0.3, -0.25) is 10.1 Å². The minimum absolute atomic E-state index is 0.311. The average molecular weight is 308 g/mol. The van der Waals surface area contributed by atoms with E-state index in [0.717, 1.165) is 0 Å². The van der Waals surface area contributed by atoms with Gasteiger partial charge in [0.2, 0.25) is 0 Å². The maximum atomic E-state index is 11.4. The van der Waals surface area contributed by atoms with Gasteiger partial charge in [-0.05, 0) is 23.6 Å². The van der Waals surface area contributed by atoms with Gasteiger partial charge in [-0.2, -0.15) is 0 Å². The first-order chi connectivity index (χ1) is 10.4. The third-order valence-corrected chi connectivity index (χ3v) is 2.75. The molecular formula is C15H20N2O5. The lowest BCUT2D eigenvalue weighted by molar-refractivity contribution is -0.150. The number of rotatable bonds is 6. The normalized spacial score (nSPS) is 10.0. The van der Waals surface area contributed by atoms with Crippen molar-refractivity contribution in [3.05, 3.63) is 29.8 Å². The van der Waals surface area contributed by atoms with Gasteiger partial charge in [-0.15, -0.1) is 0 Å². The molecule has 1 rings (SSSR count). The standard InChI is InChI=1S/C15H20N2O5/c1-10(2)11-4-6-12(7-5-11)21-9-14(19)22-8-13(18)17-15(20)16-3/h4-7,10H,8-9H2,1-3H3,(H2,16,17,18,20). The van der Waals surface area contributed by atoms with E-state index in [0.29, 0.717) is 11.7 Å². The second-order valence-corrected chi connectivity index (χ2v) is 4.80. The average Bonchev–Trinajstić information content (AvgIpc) is 2.51. The molecular weight excluding hydrogens is 288 g/mol. The first-order valence-electron chi connectivity index (χ1n) is 6.82. The Hall–Kier alpha value is -2.57. The molecule has 0 aromatic heterocycles. The summed E-state index contributed by atoms with van der Waals surface area (Å²) in [6.45, 7) is 3.31. The molecule has 22 heavy (non-hydrogen) atoms. The summed E-state index contributed by atoms with van der Waals surface area (Å²) in [5.74, 6) is -0.456. The van der Waals surface area contributed by atoms with Gasteiger partial charge < -0.3 is 14.8 Å².